The molecule has 2 aromatic carbocycles. The Morgan fingerprint density at radius 1 is 1.19 bits per heavy atom. The van der Waals surface area contributed by atoms with Gasteiger partial charge in [0.1, 0.15) is 17.1 Å². The number of carbonyl (C=O) groups is 1. The number of benzene rings is 2. The van der Waals surface area contributed by atoms with Gasteiger partial charge in [0.25, 0.3) is 0 Å². The molecule has 222 valence electrons. The van der Waals surface area contributed by atoms with Crippen LogP contribution in [0.3, 0.4) is 0 Å². The topological polar surface area (TPSA) is 71.5 Å². The average molecular weight is 591 g/mol. The molecular weight excluding hydrogens is 551 g/mol. The number of hydrogen-bond acceptors (Lipinski definition) is 4. The number of carboxylic acids is 1. The lowest BCUT2D eigenvalue weighted by atomic mass is 9.59. The van der Waals surface area contributed by atoms with Crippen LogP contribution in [0.5, 0.6) is 5.75 Å². The van der Waals surface area contributed by atoms with E-state index in [1.807, 2.05) is 30.5 Å². The molecule has 2 N–H and O–H groups in total. The van der Waals surface area contributed by atoms with E-state index in [4.69, 9.17) is 16.3 Å². The van der Waals surface area contributed by atoms with Crippen LogP contribution in [-0.4, -0.2) is 28.2 Å². The molecule has 3 aromatic rings. The van der Waals surface area contributed by atoms with Crippen LogP contribution in [0.1, 0.15) is 87.1 Å². The average Bonchev–Trinajstić information content (AvgIpc) is 3.26. The molecule has 0 radical (unpaired) electrons. The number of rotatable bonds is 8. The highest BCUT2D eigenvalue weighted by atomic mass is 35.5. The molecular formula is C35H40ClFN2O3. The summed E-state index contributed by atoms with van der Waals surface area (Å²) in [6.07, 6.45) is 9.01. The van der Waals surface area contributed by atoms with Crippen molar-refractivity contribution in [2.24, 2.45) is 11.8 Å². The molecule has 0 bridgehead atoms. The third kappa shape index (κ3) is 5.27. The van der Waals surface area contributed by atoms with Gasteiger partial charge in [0.2, 0.25) is 0 Å². The molecule has 0 amide bonds. The first-order chi connectivity index (χ1) is 20.2. The van der Waals surface area contributed by atoms with Crippen molar-refractivity contribution in [2.45, 2.75) is 88.5 Å². The maximum Gasteiger partial charge on any atom is 0.329 e. The minimum absolute atomic E-state index is 0.150. The van der Waals surface area contributed by atoms with Gasteiger partial charge in [-0.1, -0.05) is 43.6 Å². The summed E-state index contributed by atoms with van der Waals surface area (Å²) < 4.78 is 21.6. The molecule has 6 rings (SSSR count). The minimum Gasteiger partial charge on any atom is -0.493 e. The molecule has 0 saturated heterocycles. The van der Waals surface area contributed by atoms with Crippen LogP contribution in [0.4, 0.5) is 10.1 Å². The molecule has 0 aliphatic heterocycles. The molecule has 1 fully saturated rings. The highest BCUT2D eigenvalue weighted by Crippen LogP contribution is 2.56. The Morgan fingerprint density at radius 3 is 2.74 bits per heavy atom. The van der Waals surface area contributed by atoms with Crippen LogP contribution in [0.15, 0.2) is 54.7 Å². The molecule has 1 saturated carbocycles. The molecule has 5 nitrogen and oxygen atoms in total. The van der Waals surface area contributed by atoms with E-state index in [1.165, 1.54) is 12.0 Å². The Kier molecular flexibility index (Phi) is 7.95. The first-order valence-electron chi connectivity index (χ1n) is 15.4. The molecule has 3 atom stereocenters. The van der Waals surface area contributed by atoms with Crippen molar-refractivity contribution < 1.29 is 19.0 Å². The third-order valence-electron chi connectivity index (χ3n) is 10.3. The maximum atomic E-state index is 15.2. The van der Waals surface area contributed by atoms with Crippen molar-refractivity contribution in [3.63, 3.8) is 0 Å². The van der Waals surface area contributed by atoms with E-state index in [1.54, 1.807) is 18.2 Å². The molecule has 1 aromatic heterocycles. The molecule has 42 heavy (non-hydrogen) atoms. The van der Waals surface area contributed by atoms with E-state index < -0.39 is 11.5 Å². The molecule has 1 spiro atoms. The Balaban J connectivity index is 1.21. The van der Waals surface area contributed by atoms with Crippen LogP contribution >= 0.6 is 11.6 Å². The van der Waals surface area contributed by atoms with Gasteiger partial charge in [-0.3, -0.25) is 4.98 Å². The second-order valence-corrected chi connectivity index (χ2v) is 13.4. The van der Waals surface area contributed by atoms with Gasteiger partial charge in [-0.25, -0.2) is 9.18 Å². The van der Waals surface area contributed by atoms with Gasteiger partial charge in [-0.05, 0) is 122 Å². The smallest absolute Gasteiger partial charge is 0.329 e. The summed E-state index contributed by atoms with van der Waals surface area (Å²) in [5.74, 6) is 0.853. The predicted octanol–water partition coefficient (Wildman–Crippen LogP) is 8.34. The lowest BCUT2D eigenvalue weighted by molar-refractivity contribution is -0.144. The zero-order valence-corrected chi connectivity index (χ0v) is 25.2. The Hall–Kier alpha value is -3.12. The van der Waals surface area contributed by atoms with Gasteiger partial charge < -0.3 is 15.2 Å². The standard InChI is InChI=1S/C35H40ClFN2O3/c1-22(21-42-31-12-17-38-30-11-3-6-23(2)32(30)31)18-24-19-27-28(9-5-10-29(27)37)34(24)13-15-35(16-14-34,33(40)41)39-26-8-4-7-25(36)20-26/h4-5,7-10,12,17,20,22-24,39H,3,6,11,13-16,18-19,21H2,1-2H3,(H,40,41)/t22-,23-,24+,34?,35?/m1/s1. The Labute approximate surface area is 252 Å². The first kappa shape index (κ1) is 29.0. The SMILES string of the molecule is C[C@@H](COc1ccnc2c1[C@H](C)CCC2)C[C@H]1Cc2c(F)cccc2C12CCC(Nc1cccc(Cl)c1)(C(=O)O)CC2. The summed E-state index contributed by atoms with van der Waals surface area (Å²) in [7, 11) is 0. The molecule has 1 heterocycles. The number of ether oxygens (including phenoxy) is 1. The summed E-state index contributed by atoms with van der Waals surface area (Å²) >= 11 is 6.20. The number of nitrogens with zero attached hydrogens (tertiary/aromatic N) is 1. The van der Waals surface area contributed by atoms with Gasteiger partial charge >= 0.3 is 5.97 Å². The van der Waals surface area contributed by atoms with Crippen LogP contribution in [0.2, 0.25) is 5.02 Å². The molecule has 3 aliphatic rings. The quantitative estimate of drug-likeness (QED) is 0.276. The van der Waals surface area contributed by atoms with Gasteiger partial charge in [-0.15, -0.1) is 0 Å². The zero-order valence-electron chi connectivity index (χ0n) is 24.5. The number of carboxylic acid groups (broad SMARTS) is 1. The van der Waals surface area contributed by atoms with Crippen molar-refractivity contribution in [3.05, 3.63) is 88.0 Å². The lowest BCUT2D eigenvalue weighted by Gasteiger charge is -2.47. The van der Waals surface area contributed by atoms with E-state index in [0.717, 1.165) is 41.8 Å². The summed E-state index contributed by atoms with van der Waals surface area (Å²) in [6, 6.07) is 14.6. The number of anilines is 1. The monoisotopic (exact) mass is 590 g/mol. The van der Waals surface area contributed by atoms with E-state index >= 15 is 4.39 Å². The zero-order chi connectivity index (χ0) is 29.5. The van der Waals surface area contributed by atoms with Crippen molar-refractivity contribution in [2.75, 3.05) is 11.9 Å². The van der Waals surface area contributed by atoms with Gasteiger partial charge in [-0.2, -0.15) is 0 Å². The van der Waals surface area contributed by atoms with Crippen molar-refractivity contribution >= 4 is 23.3 Å². The maximum absolute atomic E-state index is 15.2. The van der Waals surface area contributed by atoms with E-state index in [2.05, 4.69) is 30.2 Å². The molecule has 0 unspecified atom stereocenters. The number of aromatic nitrogens is 1. The van der Waals surface area contributed by atoms with E-state index in [0.29, 0.717) is 55.3 Å². The summed E-state index contributed by atoms with van der Waals surface area (Å²) in [5, 5.41) is 14.3. The number of hydrogen-bond donors (Lipinski definition) is 2. The number of fused-ring (bicyclic) bond motifs is 3. The van der Waals surface area contributed by atoms with Gasteiger partial charge in [0.15, 0.2) is 0 Å². The van der Waals surface area contributed by atoms with Crippen molar-refractivity contribution in [1.29, 1.82) is 0 Å². The fourth-order valence-corrected chi connectivity index (χ4v) is 8.28. The van der Waals surface area contributed by atoms with E-state index in [-0.39, 0.29) is 23.1 Å². The van der Waals surface area contributed by atoms with E-state index in [9.17, 15) is 9.90 Å². The third-order valence-corrected chi connectivity index (χ3v) is 10.5. The normalized spacial score (nSPS) is 27.2. The van der Waals surface area contributed by atoms with Gasteiger partial charge in [0.05, 0.1) is 6.61 Å². The second kappa shape index (κ2) is 11.5. The van der Waals surface area contributed by atoms with Gasteiger partial charge in [0, 0.05) is 28.2 Å². The molecule has 7 heteroatoms. The predicted molar refractivity (Wildman–Crippen MR) is 164 cm³/mol. The minimum atomic E-state index is -1.09. The highest BCUT2D eigenvalue weighted by Gasteiger charge is 2.54. The largest absolute Gasteiger partial charge is 0.493 e. The van der Waals surface area contributed by atoms with Crippen molar-refractivity contribution in [1.82, 2.24) is 4.98 Å². The van der Waals surface area contributed by atoms with Crippen LogP contribution in [-0.2, 0) is 23.1 Å². The Morgan fingerprint density at radius 2 is 1.98 bits per heavy atom. The summed E-state index contributed by atoms with van der Waals surface area (Å²) in [4.78, 5) is 17.3. The number of pyridine rings is 1. The van der Waals surface area contributed by atoms with Crippen LogP contribution in [0, 0.1) is 17.7 Å². The number of nitrogens with one attached hydrogen (secondary N) is 1. The number of aryl methyl sites for hydroxylation is 1. The molecule has 3 aliphatic carbocycles. The number of halogens is 2. The van der Waals surface area contributed by atoms with Crippen molar-refractivity contribution in [3.8, 4) is 5.75 Å². The summed E-state index contributed by atoms with van der Waals surface area (Å²) in [6.45, 7) is 5.06. The summed E-state index contributed by atoms with van der Waals surface area (Å²) in [5.41, 5.74) is 3.64. The Bertz CT molecular complexity index is 1470. The number of aliphatic carboxylic acids is 1. The second-order valence-electron chi connectivity index (χ2n) is 13.0. The van der Waals surface area contributed by atoms with Crippen LogP contribution in [0.25, 0.3) is 0 Å². The highest BCUT2D eigenvalue weighted by molar-refractivity contribution is 6.30. The fourth-order valence-electron chi connectivity index (χ4n) is 8.09. The first-order valence-corrected chi connectivity index (χ1v) is 15.7. The van der Waals surface area contributed by atoms with Crippen LogP contribution < -0.4 is 10.1 Å². The lowest BCUT2D eigenvalue weighted by Crippen LogP contribution is -2.53. The fraction of sp³-hybridized carbons (Fsp3) is 0.486.